The Kier molecular flexibility index (Phi) is 2.64. The standard InChI is InChI=1S/C12H10N2O2/c1-2-3-9-6-10-7-11(14(15)16)4-5-12(10)13-8-9/h2-8H,1H3. The monoisotopic (exact) mass is 214 g/mol. The van der Waals surface area contributed by atoms with E-state index in [2.05, 4.69) is 4.98 Å². The van der Waals surface area contributed by atoms with Crippen LogP contribution in [0, 0.1) is 10.1 Å². The summed E-state index contributed by atoms with van der Waals surface area (Å²) in [7, 11) is 0. The molecule has 1 aromatic carbocycles. The van der Waals surface area contributed by atoms with E-state index in [1.54, 1.807) is 12.3 Å². The van der Waals surface area contributed by atoms with Crippen molar-refractivity contribution in [1.82, 2.24) is 4.98 Å². The third-order valence-corrected chi connectivity index (χ3v) is 2.26. The van der Waals surface area contributed by atoms with Crippen LogP contribution in [-0.4, -0.2) is 9.91 Å². The predicted octanol–water partition coefficient (Wildman–Crippen LogP) is 3.18. The average molecular weight is 214 g/mol. The zero-order valence-corrected chi connectivity index (χ0v) is 8.75. The van der Waals surface area contributed by atoms with Crippen molar-refractivity contribution >= 4 is 22.7 Å². The Balaban J connectivity index is 2.60. The molecule has 0 atom stereocenters. The molecule has 0 unspecified atom stereocenters. The Bertz CT molecular complexity index is 576. The lowest BCUT2D eigenvalue weighted by Gasteiger charge is -1.98. The number of nitro groups is 1. The topological polar surface area (TPSA) is 56.0 Å². The van der Waals surface area contributed by atoms with E-state index in [9.17, 15) is 10.1 Å². The van der Waals surface area contributed by atoms with Gasteiger partial charge in [0.05, 0.1) is 10.4 Å². The molecule has 2 aromatic rings. The summed E-state index contributed by atoms with van der Waals surface area (Å²) in [5.41, 5.74) is 1.79. The van der Waals surface area contributed by atoms with Crippen LogP contribution in [0.4, 0.5) is 5.69 Å². The fourth-order valence-electron chi connectivity index (χ4n) is 1.53. The number of nitro benzene ring substituents is 1. The van der Waals surface area contributed by atoms with E-state index >= 15 is 0 Å². The Morgan fingerprint density at radius 3 is 2.88 bits per heavy atom. The maximum absolute atomic E-state index is 10.6. The van der Waals surface area contributed by atoms with Gasteiger partial charge in [0.25, 0.3) is 5.69 Å². The number of non-ortho nitro benzene ring substituents is 1. The van der Waals surface area contributed by atoms with Crippen LogP contribution in [0.3, 0.4) is 0 Å². The normalized spacial score (nSPS) is 11.1. The number of nitrogens with zero attached hydrogens (tertiary/aromatic N) is 2. The second-order valence-electron chi connectivity index (χ2n) is 3.40. The molecule has 0 N–H and O–H groups in total. The molecule has 0 aliphatic heterocycles. The van der Waals surface area contributed by atoms with Crippen LogP contribution in [0.2, 0.25) is 0 Å². The first-order chi connectivity index (χ1) is 7.70. The lowest BCUT2D eigenvalue weighted by atomic mass is 10.1. The molecule has 0 aliphatic carbocycles. The summed E-state index contributed by atoms with van der Waals surface area (Å²) in [6.45, 7) is 1.91. The molecule has 16 heavy (non-hydrogen) atoms. The molecule has 0 fully saturated rings. The van der Waals surface area contributed by atoms with Crippen molar-refractivity contribution in [3.63, 3.8) is 0 Å². The van der Waals surface area contributed by atoms with E-state index in [1.165, 1.54) is 12.1 Å². The number of rotatable bonds is 2. The summed E-state index contributed by atoms with van der Waals surface area (Å²) in [6.07, 6.45) is 5.56. The molecule has 1 aromatic heterocycles. The van der Waals surface area contributed by atoms with Crippen LogP contribution in [0.5, 0.6) is 0 Å². The molecule has 0 saturated carbocycles. The summed E-state index contributed by atoms with van der Waals surface area (Å²) >= 11 is 0. The van der Waals surface area contributed by atoms with Gasteiger partial charge in [-0.2, -0.15) is 0 Å². The Labute approximate surface area is 92.4 Å². The molecule has 1 heterocycles. The van der Waals surface area contributed by atoms with E-state index in [4.69, 9.17) is 0 Å². The molecule has 4 heteroatoms. The highest BCUT2D eigenvalue weighted by atomic mass is 16.6. The Hall–Kier alpha value is -2.23. The number of allylic oxidation sites excluding steroid dienone is 1. The van der Waals surface area contributed by atoms with Gasteiger partial charge in [-0.25, -0.2) is 0 Å². The molecular weight excluding hydrogens is 204 g/mol. The molecule has 0 radical (unpaired) electrons. The number of hydrogen-bond acceptors (Lipinski definition) is 3. The van der Waals surface area contributed by atoms with E-state index in [-0.39, 0.29) is 5.69 Å². The predicted molar refractivity (Wildman–Crippen MR) is 63.1 cm³/mol. The van der Waals surface area contributed by atoms with Crippen LogP contribution < -0.4 is 0 Å². The van der Waals surface area contributed by atoms with Crippen molar-refractivity contribution in [2.75, 3.05) is 0 Å². The molecule has 0 saturated heterocycles. The smallest absolute Gasteiger partial charge is 0.258 e. The first-order valence-corrected chi connectivity index (χ1v) is 4.87. The van der Waals surface area contributed by atoms with Gasteiger partial charge in [-0.15, -0.1) is 0 Å². The molecule has 0 bridgehead atoms. The van der Waals surface area contributed by atoms with Crippen LogP contribution in [0.25, 0.3) is 17.0 Å². The van der Waals surface area contributed by atoms with Gasteiger partial charge in [0, 0.05) is 23.7 Å². The minimum Gasteiger partial charge on any atom is -0.258 e. The number of pyridine rings is 1. The number of hydrogen-bond donors (Lipinski definition) is 0. The fraction of sp³-hybridized carbons (Fsp3) is 0.0833. The number of fused-ring (bicyclic) bond motifs is 1. The van der Waals surface area contributed by atoms with Crippen LogP contribution >= 0.6 is 0 Å². The van der Waals surface area contributed by atoms with E-state index in [1.807, 2.05) is 25.1 Å². The largest absolute Gasteiger partial charge is 0.270 e. The molecule has 4 nitrogen and oxygen atoms in total. The van der Waals surface area contributed by atoms with Gasteiger partial charge in [0.15, 0.2) is 0 Å². The zero-order valence-electron chi connectivity index (χ0n) is 8.75. The van der Waals surface area contributed by atoms with Crippen molar-refractivity contribution in [1.29, 1.82) is 0 Å². The minimum absolute atomic E-state index is 0.0897. The maximum atomic E-state index is 10.6. The maximum Gasteiger partial charge on any atom is 0.270 e. The highest BCUT2D eigenvalue weighted by molar-refractivity contribution is 5.82. The lowest BCUT2D eigenvalue weighted by molar-refractivity contribution is -0.384. The third-order valence-electron chi connectivity index (χ3n) is 2.26. The van der Waals surface area contributed by atoms with Gasteiger partial charge in [0.1, 0.15) is 0 Å². The summed E-state index contributed by atoms with van der Waals surface area (Å²) < 4.78 is 0. The molecule has 0 spiro atoms. The zero-order chi connectivity index (χ0) is 11.5. The average Bonchev–Trinajstić information content (AvgIpc) is 2.28. The number of aromatic nitrogens is 1. The second-order valence-corrected chi connectivity index (χ2v) is 3.40. The summed E-state index contributed by atoms with van der Waals surface area (Å²) in [5, 5.41) is 11.4. The van der Waals surface area contributed by atoms with Gasteiger partial charge in [-0.3, -0.25) is 15.1 Å². The quantitative estimate of drug-likeness (QED) is 0.569. The van der Waals surface area contributed by atoms with Crippen molar-refractivity contribution < 1.29 is 4.92 Å². The third kappa shape index (κ3) is 1.91. The van der Waals surface area contributed by atoms with Crippen molar-refractivity contribution in [2.24, 2.45) is 0 Å². The van der Waals surface area contributed by atoms with Crippen LogP contribution in [0.1, 0.15) is 12.5 Å². The van der Waals surface area contributed by atoms with Gasteiger partial charge >= 0.3 is 0 Å². The van der Waals surface area contributed by atoms with E-state index in [0.29, 0.717) is 0 Å². The van der Waals surface area contributed by atoms with Gasteiger partial charge in [-0.1, -0.05) is 12.2 Å². The second kappa shape index (κ2) is 4.10. The SMILES string of the molecule is CC=Cc1cnc2ccc([N+](=O)[O-])cc2c1. The summed E-state index contributed by atoms with van der Waals surface area (Å²) in [4.78, 5) is 14.5. The first-order valence-electron chi connectivity index (χ1n) is 4.87. The van der Waals surface area contributed by atoms with Crippen molar-refractivity contribution in [3.05, 3.63) is 52.2 Å². The minimum atomic E-state index is -0.401. The lowest BCUT2D eigenvalue weighted by Crippen LogP contribution is -1.88. The van der Waals surface area contributed by atoms with Crippen LogP contribution in [0.15, 0.2) is 36.5 Å². The first kappa shape index (κ1) is 10.3. The summed E-state index contributed by atoms with van der Waals surface area (Å²) in [6, 6.07) is 6.54. The van der Waals surface area contributed by atoms with Gasteiger partial charge < -0.3 is 0 Å². The number of benzene rings is 1. The van der Waals surface area contributed by atoms with Crippen molar-refractivity contribution in [3.8, 4) is 0 Å². The van der Waals surface area contributed by atoms with Gasteiger partial charge in [0.2, 0.25) is 0 Å². The molecule has 0 amide bonds. The van der Waals surface area contributed by atoms with Gasteiger partial charge in [-0.05, 0) is 24.6 Å². The molecular formula is C12H10N2O2. The fourth-order valence-corrected chi connectivity index (χ4v) is 1.53. The molecule has 2 rings (SSSR count). The Morgan fingerprint density at radius 1 is 1.38 bits per heavy atom. The van der Waals surface area contributed by atoms with Crippen LogP contribution in [-0.2, 0) is 0 Å². The molecule has 0 aliphatic rings. The Morgan fingerprint density at radius 2 is 2.19 bits per heavy atom. The van der Waals surface area contributed by atoms with E-state index in [0.717, 1.165) is 16.5 Å². The van der Waals surface area contributed by atoms with E-state index < -0.39 is 4.92 Å². The highest BCUT2D eigenvalue weighted by Crippen LogP contribution is 2.20. The highest BCUT2D eigenvalue weighted by Gasteiger charge is 2.06. The van der Waals surface area contributed by atoms with Crippen molar-refractivity contribution in [2.45, 2.75) is 6.92 Å². The molecule has 80 valence electrons. The summed E-state index contributed by atoms with van der Waals surface area (Å²) in [5.74, 6) is 0.